The van der Waals surface area contributed by atoms with Gasteiger partial charge in [-0.2, -0.15) is 0 Å². The van der Waals surface area contributed by atoms with Gasteiger partial charge in [-0.15, -0.1) is 0 Å². The van der Waals surface area contributed by atoms with Gasteiger partial charge in [-0.25, -0.2) is 0 Å². The first-order valence-corrected chi connectivity index (χ1v) is 11.2. The monoisotopic (exact) mass is 429 g/mol. The molecular weight excluding hydrogens is 406 g/mol. The number of carbonyl (C=O) groups is 2. The molecule has 0 spiro atoms. The van der Waals surface area contributed by atoms with Crippen molar-refractivity contribution in [1.29, 1.82) is 0 Å². The Labute approximate surface area is 193 Å². The first kappa shape index (κ1) is 19.7. The minimum atomic E-state index is -0.197. The Bertz CT molecular complexity index is 1480. The second kappa shape index (κ2) is 6.76. The van der Waals surface area contributed by atoms with Gasteiger partial charge in [-0.1, -0.05) is 62.4 Å². The fourth-order valence-corrected chi connectivity index (χ4v) is 5.31. The topological polar surface area (TPSA) is 37.4 Å². The molecule has 1 aliphatic heterocycles. The van der Waals surface area contributed by atoms with Crippen molar-refractivity contribution in [1.82, 2.24) is 0 Å². The number of anilines is 2. The molecule has 0 unspecified atom stereocenters. The molecular formula is C30H23NO2. The molecule has 4 aromatic rings. The fourth-order valence-electron chi connectivity index (χ4n) is 5.31. The first-order chi connectivity index (χ1) is 15.9. The highest BCUT2D eigenvalue weighted by Gasteiger charge is 2.36. The Morgan fingerprint density at radius 1 is 0.697 bits per heavy atom. The van der Waals surface area contributed by atoms with Crippen LogP contribution in [0.15, 0.2) is 84.4 Å². The molecule has 0 N–H and O–H groups in total. The van der Waals surface area contributed by atoms with E-state index in [1.165, 1.54) is 16.8 Å². The lowest BCUT2D eigenvalue weighted by Gasteiger charge is -2.40. The molecule has 6 rings (SSSR count). The summed E-state index contributed by atoms with van der Waals surface area (Å²) in [6, 6.07) is 26.2. The van der Waals surface area contributed by atoms with E-state index in [2.05, 4.69) is 62.2 Å². The van der Waals surface area contributed by atoms with Crippen molar-refractivity contribution in [3.05, 3.63) is 112 Å². The van der Waals surface area contributed by atoms with Crippen molar-refractivity contribution in [2.24, 2.45) is 0 Å². The lowest BCUT2D eigenvalue weighted by atomic mass is 9.73. The number of fused-ring (bicyclic) bond motifs is 4. The lowest BCUT2D eigenvalue weighted by Crippen LogP contribution is -2.30. The summed E-state index contributed by atoms with van der Waals surface area (Å²) in [6.07, 6.45) is 1.76. The Hall–Kier alpha value is -3.98. The van der Waals surface area contributed by atoms with Gasteiger partial charge in [-0.3, -0.25) is 9.59 Å². The molecule has 0 radical (unpaired) electrons. The van der Waals surface area contributed by atoms with Crippen molar-refractivity contribution in [3.8, 4) is 0 Å². The summed E-state index contributed by atoms with van der Waals surface area (Å²) in [7, 11) is 2.08. The molecule has 0 atom stereocenters. The molecule has 0 saturated carbocycles. The van der Waals surface area contributed by atoms with E-state index in [0.717, 1.165) is 22.0 Å². The molecule has 3 nitrogen and oxygen atoms in total. The van der Waals surface area contributed by atoms with Crippen molar-refractivity contribution in [2.75, 3.05) is 11.9 Å². The zero-order valence-electron chi connectivity index (χ0n) is 18.8. The van der Waals surface area contributed by atoms with Crippen LogP contribution in [-0.2, 0) is 5.41 Å². The molecule has 4 aromatic carbocycles. The highest BCUT2D eigenvalue weighted by atomic mass is 16.2. The highest BCUT2D eigenvalue weighted by molar-refractivity contribution is 6.42. The van der Waals surface area contributed by atoms with Crippen LogP contribution >= 0.6 is 0 Å². The number of nitrogens with zero attached hydrogens (tertiary/aromatic N) is 1. The standard InChI is InChI=1S/C30H23NO2/c1-30(2)24-10-6-7-11-26(24)31(3)27-13-12-18(15-25(27)30)14-23-28(32)21-16-19-8-4-5-9-20(19)17-22(21)29(23)33/h4-17H,1-3H3. The van der Waals surface area contributed by atoms with Gasteiger partial charge < -0.3 is 4.90 Å². The van der Waals surface area contributed by atoms with E-state index in [9.17, 15) is 9.59 Å². The summed E-state index contributed by atoms with van der Waals surface area (Å²) in [5.74, 6) is -0.389. The van der Waals surface area contributed by atoms with E-state index in [1.807, 2.05) is 42.5 Å². The summed E-state index contributed by atoms with van der Waals surface area (Å²) < 4.78 is 0. The number of ketones is 2. The van der Waals surface area contributed by atoms with Crippen molar-refractivity contribution >= 4 is 39.8 Å². The maximum absolute atomic E-state index is 13.2. The molecule has 33 heavy (non-hydrogen) atoms. The van der Waals surface area contributed by atoms with E-state index in [4.69, 9.17) is 0 Å². The van der Waals surface area contributed by atoms with Crippen molar-refractivity contribution < 1.29 is 9.59 Å². The largest absolute Gasteiger partial charge is 0.344 e. The average Bonchev–Trinajstić information content (AvgIpc) is 3.05. The molecule has 0 aromatic heterocycles. The summed E-state index contributed by atoms with van der Waals surface area (Å²) in [6.45, 7) is 4.45. The van der Waals surface area contributed by atoms with E-state index < -0.39 is 0 Å². The number of hydrogen-bond acceptors (Lipinski definition) is 3. The molecule has 160 valence electrons. The van der Waals surface area contributed by atoms with Crippen LogP contribution in [0.1, 0.15) is 51.3 Å². The normalized spacial score (nSPS) is 16.0. The van der Waals surface area contributed by atoms with Crippen molar-refractivity contribution in [3.63, 3.8) is 0 Å². The zero-order valence-corrected chi connectivity index (χ0v) is 18.8. The first-order valence-electron chi connectivity index (χ1n) is 11.2. The predicted molar refractivity (Wildman–Crippen MR) is 134 cm³/mol. The maximum Gasteiger partial charge on any atom is 0.197 e. The van der Waals surface area contributed by atoms with Crippen LogP contribution < -0.4 is 4.90 Å². The molecule has 0 fully saturated rings. The Morgan fingerprint density at radius 3 is 1.94 bits per heavy atom. The smallest absolute Gasteiger partial charge is 0.197 e. The Balaban J connectivity index is 1.46. The second-order valence-electron chi connectivity index (χ2n) is 9.44. The SMILES string of the molecule is CN1c2ccccc2C(C)(C)c2cc(C=C3C(=O)c4cc5ccccc5cc4C3=O)ccc21. The minimum absolute atomic E-state index is 0.194. The third-order valence-electron chi connectivity index (χ3n) is 7.17. The quantitative estimate of drug-likeness (QED) is 0.249. The van der Waals surface area contributed by atoms with Crippen LogP contribution in [0.2, 0.25) is 0 Å². The van der Waals surface area contributed by atoms with Crippen LogP contribution in [0.3, 0.4) is 0 Å². The number of hydrogen-bond donors (Lipinski definition) is 0. The summed E-state index contributed by atoms with van der Waals surface area (Å²) >= 11 is 0. The van der Waals surface area contributed by atoms with E-state index in [0.29, 0.717) is 11.1 Å². The summed E-state index contributed by atoms with van der Waals surface area (Å²) in [5, 5.41) is 1.94. The number of para-hydroxylation sites is 1. The number of allylic oxidation sites excluding steroid dienone is 1. The molecule has 1 heterocycles. The van der Waals surface area contributed by atoms with Crippen LogP contribution in [0.5, 0.6) is 0 Å². The minimum Gasteiger partial charge on any atom is -0.344 e. The van der Waals surface area contributed by atoms with Gasteiger partial charge in [0.1, 0.15) is 0 Å². The molecule has 1 aliphatic carbocycles. The van der Waals surface area contributed by atoms with Crippen LogP contribution in [0.4, 0.5) is 11.4 Å². The number of benzene rings is 4. The van der Waals surface area contributed by atoms with Gasteiger partial charge in [0.05, 0.1) is 5.57 Å². The van der Waals surface area contributed by atoms with Gasteiger partial charge in [0.25, 0.3) is 0 Å². The van der Waals surface area contributed by atoms with E-state index in [1.54, 1.807) is 6.08 Å². The molecule has 2 aliphatic rings. The van der Waals surface area contributed by atoms with Crippen LogP contribution in [0, 0.1) is 0 Å². The summed E-state index contributed by atoms with van der Waals surface area (Å²) in [5.41, 5.74) is 6.68. The Kier molecular flexibility index (Phi) is 4.03. The zero-order chi connectivity index (χ0) is 22.9. The van der Waals surface area contributed by atoms with Gasteiger partial charge >= 0.3 is 0 Å². The molecule has 0 amide bonds. The predicted octanol–water partition coefficient (Wildman–Crippen LogP) is 6.71. The summed E-state index contributed by atoms with van der Waals surface area (Å²) in [4.78, 5) is 28.6. The molecule has 0 bridgehead atoms. The lowest BCUT2D eigenvalue weighted by molar-refractivity contribution is 0.0990. The van der Waals surface area contributed by atoms with Gasteiger partial charge in [0.2, 0.25) is 0 Å². The van der Waals surface area contributed by atoms with Gasteiger partial charge in [0, 0.05) is 35.0 Å². The van der Waals surface area contributed by atoms with Gasteiger partial charge in [0.15, 0.2) is 11.6 Å². The average molecular weight is 430 g/mol. The second-order valence-corrected chi connectivity index (χ2v) is 9.44. The molecule has 3 heteroatoms. The van der Waals surface area contributed by atoms with Crippen LogP contribution in [0.25, 0.3) is 16.8 Å². The fraction of sp³-hybridized carbons (Fsp3) is 0.133. The number of Topliss-reactive ketones (excluding diaryl/α,β-unsaturated/α-hetero) is 2. The highest BCUT2D eigenvalue weighted by Crippen LogP contribution is 2.48. The van der Waals surface area contributed by atoms with E-state index >= 15 is 0 Å². The number of carbonyl (C=O) groups excluding carboxylic acids is 2. The van der Waals surface area contributed by atoms with Crippen molar-refractivity contribution in [2.45, 2.75) is 19.3 Å². The molecule has 0 saturated heterocycles. The Morgan fingerprint density at radius 2 is 1.27 bits per heavy atom. The van der Waals surface area contributed by atoms with Gasteiger partial charge in [-0.05, 0) is 63.9 Å². The van der Waals surface area contributed by atoms with Crippen LogP contribution in [-0.4, -0.2) is 18.6 Å². The third-order valence-corrected chi connectivity index (χ3v) is 7.17. The number of rotatable bonds is 1. The van der Waals surface area contributed by atoms with E-state index in [-0.39, 0.29) is 22.6 Å². The third kappa shape index (κ3) is 2.75. The maximum atomic E-state index is 13.2.